The highest BCUT2D eigenvalue weighted by Crippen LogP contribution is 2.41. The zero-order chi connectivity index (χ0) is 14.2. The van der Waals surface area contributed by atoms with Crippen LogP contribution in [0.4, 0.5) is 0 Å². The van der Waals surface area contributed by atoms with E-state index in [0.717, 1.165) is 31.2 Å². The topological polar surface area (TPSA) is 41.0 Å². The maximum absolute atomic E-state index is 4.40. The summed E-state index contributed by atoms with van der Waals surface area (Å²) in [4.78, 5) is 11.0. The summed E-state index contributed by atoms with van der Waals surface area (Å²) in [5.74, 6) is 1.52. The van der Waals surface area contributed by atoms with Gasteiger partial charge in [-0.15, -0.1) is 0 Å². The van der Waals surface area contributed by atoms with Gasteiger partial charge in [-0.3, -0.25) is 4.90 Å². The van der Waals surface area contributed by atoms with E-state index < -0.39 is 0 Å². The van der Waals surface area contributed by atoms with Crippen LogP contribution >= 0.6 is 0 Å². The predicted molar refractivity (Wildman–Crippen MR) is 80.2 cm³/mol. The maximum Gasteiger partial charge on any atom is 0.115 e. The monoisotopic (exact) mass is 274 g/mol. The second-order valence-corrected chi connectivity index (χ2v) is 6.99. The van der Waals surface area contributed by atoms with Gasteiger partial charge in [0.05, 0.1) is 5.69 Å². The third kappa shape index (κ3) is 2.86. The van der Waals surface area contributed by atoms with E-state index in [1.165, 1.54) is 12.8 Å². The van der Waals surface area contributed by atoms with Gasteiger partial charge in [0.2, 0.25) is 0 Å². The van der Waals surface area contributed by atoms with Crippen LogP contribution < -0.4 is 5.32 Å². The quantitative estimate of drug-likeness (QED) is 0.912. The minimum atomic E-state index is 0.290. The Labute approximate surface area is 122 Å². The molecular formula is C16H26N4. The number of nitrogens with one attached hydrogen (secondary N) is 1. The van der Waals surface area contributed by atoms with Gasteiger partial charge in [-0.05, 0) is 37.7 Å². The summed E-state index contributed by atoms with van der Waals surface area (Å²) in [7, 11) is 0. The van der Waals surface area contributed by atoms with Gasteiger partial charge in [0, 0.05) is 37.4 Å². The molecule has 0 bridgehead atoms. The molecule has 2 heterocycles. The van der Waals surface area contributed by atoms with Gasteiger partial charge in [-0.25, -0.2) is 9.97 Å². The van der Waals surface area contributed by atoms with Gasteiger partial charge in [0.1, 0.15) is 6.33 Å². The van der Waals surface area contributed by atoms with E-state index in [9.17, 15) is 0 Å². The molecule has 4 nitrogen and oxygen atoms in total. The number of piperazine rings is 1. The molecule has 1 aromatic heterocycles. The molecule has 4 heteroatoms. The van der Waals surface area contributed by atoms with Gasteiger partial charge in [-0.2, -0.15) is 0 Å². The standard InChI is InChI=1S/C16H26N4/c1-12(2)15-8-19-16(3,13-4-5-13)10-20(15)9-14-6-7-17-11-18-14/h6-7,11-13,15,19H,4-5,8-10H2,1-3H3. The Morgan fingerprint density at radius 3 is 2.85 bits per heavy atom. The van der Waals surface area contributed by atoms with E-state index in [4.69, 9.17) is 0 Å². The van der Waals surface area contributed by atoms with Crippen molar-refractivity contribution >= 4 is 0 Å². The first kappa shape index (κ1) is 14.0. The minimum Gasteiger partial charge on any atom is -0.308 e. The SMILES string of the molecule is CC(C)C1CNC(C)(C2CC2)CN1Cc1ccncn1. The van der Waals surface area contributed by atoms with E-state index in [1.807, 2.05) is 12.3 Å². The average molecular weight is 274 g/mol. The number of aromatic nitrogens is 2. The second-order valence-electron chi connectivity index (χ2n) is 6.99. The molecule has 2 aliphatic rings. The van der Waals surface area contributed by atoms with Crippen LogP contribution in [0, 0.1) is 11.8 Å². The van der Waals surface area contributed by atoms with Crippen LogP contribution in [0.1, 0.15) is 39.3 Å². The molecular weight excluding hydrogens is 248 g/mol. The lowest BCUT2D eigenvalue weighted by Gasteiger charge is -2.48. The first-order valence-corrected chi connectivity index (χ1v) is 7.82. The minimum absolute atomic E-state index is 0.290. The summed E-state index contributed by atoms with van der Waals surface area (Å²) in [5.41, 5.74) is 1.42. The zero-order valence-electron chi connectivity index (χ0n) is 12.8. The molecule has 0 radical (unpaired) electrons. The molecule has 1 saturated heterocycles. The van der Waals surface area contributed by atoms with Crippen molar-refractivity contribution in [2.24, 2.45) is 11.8 Å². The number of hydrogen-bond acceptors (Lipinski definition) is 4. The fourth-order valence-electron chi connectivity index (χ4n) is 3.51. The Morgan fingerprint density at radius 1 is 1.45 bits per heavy atom. The van der Waals surface area contributed by atoms with Gasteiger partial charge >= 0.3 is 0 Å². The second kappa shape index (κ2) is 5.41. The van der Waals surface area contributed by atoms with E-state index in [-0.39, 0.29) is 0 Å². The van der Waals surface area contributed by atoms with Crippen molar-refractivity contribution in [3.05, 3.63) is 24.3 Å². The number of hydrogen-bond donors (Lipinski definition) is 1. The van der Waals surface area contributed by atoms with Gasteiger partial charge in [0.25, 0.3) is 0 Å². The highest BCUT2D eigenvalue weighted by molar-refractivity contribution is 5.06. The molecule has 1 N–H and O–H groups in total. The fourth-order valence-corrected chi connectivity index (χ4v) is 3.51. The summed E-state index contributed by atoms with van der Waals surface area (Å²) in [6.45, 7) is 10.2. The van der Waals surface area contributed by atoms with Crippen LogP contribution in [0.3, 0.4) is 0 Å². The van der Waals surface area contributed by atoms with Crippen molar-refractivity contribution in [2.75, 3.05) is 13.1 Å². The molecule has 1 aromatic rings. The third-order valence-corrected chi connectivity index (χ3v) is 4.97. The fraction of sp³-hybridized carbons (Fsp3) is 0.750. The summed E-state index contributed by atoms with van der Waals surface area (Å²) < 4.78 is 0. The van der Waals surface area contributed by atoms with E-state index >= 15 is 0 Å². The van der Waals surface area contributed by atoms with E-state index in [0.29, 0.717) is 17.5 Å². The van der Waals surface area contributed by atoms with E-state index in [2.05, 4.69) is 41.0 Å². The molecule has 0 spiro atoms. The Morgan fingerprint density at radius 2 is 2.25 bits per heavy atom. The van der Waals surface area contributed by atoms with Gasteiger partial charge < -0.3 is 5.32 Å². The van der Waals surface area contributed by atoms with Crippen LogP contribution in [0.2, 0.25) is 0 Å². The van der Waals surface area contributed by atoms with Crippen molar-refractivity contribution in [3.63, 3.8) is 0 Å². The van der Waals surface area contributed by atoms with Crippen molar-refractivity contribution in [1.82, 2.24) is 20.2 Å². The number of nitrogens with zero attached hydrogens (tertiary/aromatic N) is 3. The largest absolute Gasteiger partial charge is 0.308 e. The Hall–Kier alpha value is -1.00. The Bertz CT molecular complexity index is 443. The first-order valence-electron chi connectivity index (χ1n) is 7.82. The molecule has 20 heavy (non-hydrogen) atoms. The average Bonchev–Trinajstić information content (AvgIpc) is 3.24. The summed E-state index contributed by atoms with van der Waals surface area (Å²) in [6.07, 6.45) is 6.27. The van der Waals surface area contributed by atoms with Crippen molar-refractivity contribution in [1.29, 1.82) is 0 Å². The molecule has 2 unspecified atom stereocenters. The molecule has 1 saturated carbocycles. The van der Waals surface area contributed by atoms with Crippen molar-refractivity contribution in [3.8, 4) is 0 Å². The summed E-state index contributed by atoms with van der Waals surface area (Å²) >= 11 is 0. The Kier molecular flexibility index (Phi) is 3.78. The summed E-state index contributed by atoms with van der Waals surface area (Å²) in [6, 6.07) is 2.63. The van der Waals surface area contributed by atoms with Crippen LogP contribution in [0.15, 0.2) is 18.6 Å². The smallest absolute Gasteiger partial charge is 0.115 e. The summed E-state index contributed by atoms with van der Waals surface area (Å²) in [5, 5.41) is 3.83. The highest BCUT2D eigenvalue weighted by atomic mass is 15.3. The zero-order valence-corrected chi connectivity index (χ0v) is 12.8. The van der Waals surface area contributed by atoms with Crippen LogP contribution in [-0.2, 0) is 6.54 Å². The lowest BCUT2D eigenvalue weighted by atomic mass is 9.88. The molecule has 0 amide bonds. The van der Waals surface area contributed by atoms with Crippen LogP contribution in [0.5, 0.6) is 0 Å². The molecule has 110 valence electrons. The highest BCUT2D eigenvalue weighted by Gasteiger charge is 2.46. The van der Waals surface area contributed by atoms with Crippen LogP contribution in [-0.4, -0.2) is 39.5 Å². The molecule has 1 aliphatic carbocycles. The molecule has 1 aliphatic heterocycles. The van der Waals surface area contributed by atoms with Crippen molar-refractivity contribution in [2.45, 2.75) is 51.7 Å². The van der Waals surface area contributed by atoms with Gasteiger partial charge in [0.15, 0.2) is 0 Å². The maximum atomic E-state index is 4.40. The van der Waals surface area contributed by atoms with Crippen LogP contribution in [0.25, 0.3) is 0 Å². The van der Waals surface area contributed by atoms with Gasteiger partial charge in [-0.1, -0.05) is 13.8 Å². The normalized spacial score (nSPS) is 31.7. The molecule has 3 rings (SSSR count). The molecule has 0 aromatic carbocycles. The predicted octanol–water partition coefficient (Wildman–Crippen LogP) is 2.08. The van der Waals surface area contributed by atoms with E-state index in [1.54, 1.807) is 6.33 Å². The lowest BCUT2D eigenvalue weighted by Crippen LogP contribution is -2.64. The Balaban J connectivity index is 1.75. The lowest BCUT2D eigenvalue weighted by molar-refractivity contribution is 0.0453. The number of rotatable bonds is 4. The first-order chi connectivity index (χ1) is 9.58. The van der Waals surface area contributed by atoms with Crippen molar-refractivity contribution < 1.29 is 0 Å². The molecule has 2 fully saturated rings. The third-order valence-electron chi connectivity index (χ3n) is 4.97. The molecule has 2 atom stereocenters.